The second-order valence-corrected chi connectivity index (χ2v) is 23.1. The van der Waals surface area contributed by atoms with Gasteiger partial charge in [-0.3, -0.25) is 14.4 Å². The predicted molar refractivity (Wildman–Crippen MR) is 321 cm³/mol. The number of carbonyl (C=O) groups is 3. The summed E-state index contributed by atoms with van der Waals surface area (Å²) < 4.78 is 17.0. The van der Waals surface area contributed by atoms with E-state index in [0.29, 0.717) is 19.3 Å². The Bertz CT molecular complexity index is 1150. The van der Waals surface area contributed by atoms with Crippen LogP contribution in [0.25, 0.3) is 0 Å². The molecular formula is C68H130O6. The fourth-order valence-electron chi connectivity index (χ4n) is 10.4. The Morgan fingerprint density at radius 1 is 0.257 bits per heavy atom. The number of allylic oxidation sites excluding steroid dienone is 2. The maximum atomic E-state index is 12.9. The summed E-state index contributed by atoms with van der Waals surface area (Å²) >= 11 is 0. The first-order valence-electron chi connectivity index (χ1n) is 33.7. The Kier molecular flexibility index (Phi) is 62.1. The van der Waals surface area contributed by atoms with Gasteiger partial charge < -0.3 is 14.2 Å². The molecule has 1 unspecified atom stereocenters. The van der Waals surface area contributed by atoms with E-state index < -0.39 is 6.10 Å². The predicted octanol–water partition coefficient (Wildman–Crippen LogP) is 22.8. The van der Waals surface area contributed by atoms with Crippen LogP contribution in [0.3, 0.4) is 0 Å². The van der Waals surface area contributed by atoms with Gasteiger partial charge in [-0.1, -0.05) is 335 Å². The first-order chi connectivity index (χ1) is 36.5. The fraction of sp³-hybridized carbons (Fsp3) is 0.926. The van der Waals surface area contributed by atoms with Gasteiger partial charge in [0, 0.05) is 19.3 Å². The van der Waals surface area contributed by atoms with Gasteiger partial charge >= 0.3 is 17.9 Å². The monoisotopic (exact) mass is 1040 g/mol. The molecular weight excluding hydrogens is 913 g/mol. The zero-order chi connectivity index (χ0) is 53.6. The molecule has 0 aromatic rings. The van der Waals surface area contributed by atoms with Crippen molar-refractivity contribution < 1.29 is 28.6 Å². The van der Waals surface area contributed by atoms with E-state index in [1.165, 1.54) is 289 Å². The summed E-state index contributed by atoms with van der Waals surface area (Å²) in [5, 5.41) is 0. The third kappa shape index (κ3) is 61.0. The van der Waals surface area contributed by atoms with Crippen molar-refractivity contribution in [1.82, 2.24) is 0 Å². The topological polar surface area (TPSA) is 78.9 Å². The molecule has 0 aromatic heterocycles. The van der Waals surface area contributed by atoms with Gasteiger partial charge in [0.05, 0.1) is 0 Å². The quantitative estimate of drug-likeness (QED) is 0.0261. The van der Waals surface area contributed by atoms with Gasteiger partial charge in [0.1, 0.15) is 13.2 Å². The minimum atomic E-state index is -0.764. The second-order valence-electron chi connectivity index (χ2n) is 23.1. The highest BCUT2D eigenvalue weighted by Crippen LogP contribution is 2.18. The Hall–Kier alpha value is -1.85. The minimum absolute atomic E-state index is 0.0625. The van der Waals surface area contributed by atoms with Crippen LogP contribution >= 0.6 is 0 Å². The third-order valence-corrected chi connectivity index (χ3v) is 15.5. The lowest BCUT2D eigenvalue weighted by Gasteiger charge is -2.18. The van der Waals surface area contributed by atoms with Gasteiger partial charge in [-0.25, -0.2) is 0 Å². The summed E-state index contributed by atoms with van der Waals surface area (Å²) in [4.78, 5) is 38.3. The molecule has 6 nitrogen and oxygen atoms in total. The summed E-state index contributed by atoms with van der Waals surface area (Å²) in [7, 11) is 0. The number of hydrogen-bond donors (Lipinski definition) is 0. The van der Waals surface area contributed by atoms with Gasteiger partial charge in [-0.05, 0) is 44.9 Å². The fourth-order valence-corrected chi connectivity index (χ4v) is 10.4. The highest BCUT2D eigenvalue weighted by atomic mass is 16.6. The molecule has 0 spiro atoms. The molecule has 0 aliphatic rings. The molecule has 0 heterocycles. The van der Waals surface area contributed by atoms with Gasteiger partial charge in [0.2, 0.25) is 0 Å². The van der Waals surface area contributed by atoms with Crippen molar-refractivity contribution >= 4 is 17.9 Å². The van der Waals surface area contributed by atoms with E-state index in [2.05, 4.69) is 32.9 Å². The molecule has 0 amide bonds. The van der Waals surface area contributed by atoms with Crippen LogP contribution in [0.1, 0.15) is 387 Å². The van der Waals surface area contributed by atoms with Gasteiger partial charge in [-0.15, -0.1) is 0 Å². The van der Waals surface area contributed by atoms with Gasteiger partial charge in [-0.2, -0.15) is 0 Å². The molecule has 438 valence electrons. The third-order valence-electron chi connectivity index (χ3n) is 15.5. The summed E-state index contributed by atoms with van der Waals surface area (Å²) in [6.07, 6.45) is 75.2. The van der Waals surface area contributed by atoms with E-state index >= 15 is 0 Å². The van der Waals surface area contributed by atoms with Crippen LogP contribution in [0.5, 0.6) is 0 Å². The summed E-state index contributed by atoms with van der Waals surface area (Å²) in [6.45, 7) is 6.72. The lowest BCUT2D eigenvalue weighted by atomic mass is 10.0. The van der Waals surface area contributed by atoms with Crippen LogP contribution in [0.2, 0.25) is 0 Å². The molecule has 1 atom stereocenters. The zero-order valence-electron chi connectivity index (χ0n) is 50.4. The molecule has 0 fully saturated rings. The van der Waals surface area contributed by atoms with Crippen LogP contribution in [-0.2, 0) is 28.6 Å². The lowest BCUT2D eigenvalue weighted by Crippen LogP contribution is -2.30. The van der Waals surface area contributed by atoms with Crippen molar-refractivity contribution in [1.29, 1.82) is 0 Å². The molecule has 74 heavy (non-hydrogen) atoms. The van der Waals surface area contributed by atoms with E-state index in [4.69, 9.17) is 14.2 Å². The summed E-state index contributed by atoms with van der Waals surface area (Å²) in [5.41, 5.74) is 0. The standard InChI is InChI=1S/C68H130O6/c1-4-7-10-13-16-19-22-25-27-29-30-31-32-33-34-35-36-37-38-39-41-43-46-49-52-55-58-61-67(70)73-64-65(63-72-66(69)60-57-54-51-48-45-42-24-21-18-15-12-9-6-3)74-68(71)62-59-56-53-50-47-44-40-28-26-23-20-17-14-11-8-5-2/h29-30,65H,4-28,31-64H2,1-3H3/b30-29-. The normalized spacial score (nSPS) is 12.0. The Labute approximate surface area is 462 Å². The maximum Gasteiger partial charge on any atom is 0.306 e. The van der Waals surface area contributed by atoms with E-state index in [0.717, 1.165) is 57.8 Å². The molecule has 0 saturated heterocycles. The van der Waals surface area contributed by atoms with Crippen LogP contribution in [0, 0.1) is 0 Å². The number of unbranched alkanes of at least 4 members (excludes halogenated alkanes) is 50. The Morgan fingerprint density at radius 3 is 0.676 bits per heavy atom. The maximum absolute atomic E-state index is 12.9. The average Bonchev–Trinajstić information content (AvgIpc) is 3.40. The molecule has 6 heteroatoms. The van der Waals surface area contributed by atoms with Gasteiger partial charge in [0.15, 0.2) is 6.10 Å². The average molecular weight is 1040 g/mol. The van der Waals surface area contributed by atoms with Crippen molar-refractivity contribution in [2.24, 2.45) is 0 Å². The molecule has 0 rings (SSSR count). The van der Waals surface area contributed by atoms with E-state index in [9.17, 15) is 14.4 Å². The van der Waals surface area contributed by atoms with Crippen molar-refractivity contribution in [2.45, 2.75) is 393 Å². The van der Waals surface area contributed by atoms with Crippen molar-refractivity contribution in [2.75, 3.05) is 13.2 Å². The zero-order valence-corrected chi connectivity index (χ0v) is 50.4. The van der Waals surface area contributed by atoms with Crippen LogP contribution in [0.15, 0.2) is 12.2 Å². The molecule has 0 saturated carbocycles. The largest absolute Gasteiger partial charge is 0.462 e. The number of hydrogen-bond acceptors (Lipinski definition) is 6. The second kappa shape index (κ2) is 63.7. The van der Waals surface area contributed by atoms with Crippen LogP contribution < -0.4 is 0 Å². The number of ether oxygens (including phenoxy) is 3. The van der Waals surface area contributed by atoms with Crippen molar-refractivity contribution in [3.05, 3.63) is 12.2 Å². The summed E-state index contributed by atoms with van der Waals surface area (Å²) in [6, 6.07) is 0. The van der Waals surface area contributed by atoms with Crippen LogP contribution in [0.4, 0.5) is 0 Å². The van der Waals surface area contributed by atoms with Crippen LogP contribution in [-0.4, -0.2) is 37.2 Å². The number of rotatable bonds is 63. The molecule has 0 bridgehead atoms. The molecule has 0 aromatic carbocycles. The first-order valence-corrected chi connectivity index (χ1v) is 33.7. The highest BCUT2D eigenvalue weighted by molar-refractivity contribution is 5.71. The minimum Gasteiger partial charge on any atom is -0.462 e. The molecule has 0 radical (unpaired) electrons. The molecule has 0 aliphatic heterocycles. The SMILES string of the molecule is CCCCCCCCCC/C=C\CCCCCCCCCCCCCCCCCC(=O)OCC(COC(=O)CCCCCCCCCCCCCCC)OC(=O)CCCCCCCCCCCCCCCCCC. The molecule has 0 N–H and O–H groups in total. The number of esters is 3. The highest BCUT2D eigenvalue weighted by Gasteiger charge is 2.19. The Balaban J connectivity index is 4.17. The number of carbonyl (C=O) groups excluding carboxylic acids is 3. The van der Waals surface area contributed by atoms with E-state index in [-0.39, 0.29) is 31.1 Å². The first kappa shape index (κ1) is 72.2. The molecule has 0 aliphatic carbocycles. The van der Waals surface area contributed by atoms with E-state index in [1.54, 1.807) is 0 Å². The van der Waals surface area contributed by atoms with Crippen molar-refractivity contribution in [3.8, 4) is 0 Å². The van der Waals surface area contributed by atoms with Crippen molar-refractivity contribution in [3.63, 3.8) is 0 Å². The Morgan fingerprint density at radius 2 is 0.446 bits per heavy atom. The smallest absolute Gasteiger partial charge is 0.306 e. The van der Waals surface area contributed by atoms with E-state index in [1.807, 2.05) is 0 Å². The summed E-state index contributed by atoms with van der Waals surface area (Å²) in [5.74, 6) is -0.830. The lowest BCUT2D eigenvalue weighted by molar-refractivity contribution is -0.167. The van der Waals surface area contributed by atoms with Gasteiger partial charge in [0.25, 0.3) is 0 Å².